The van der Waals surface area contributed by atoms with E-state index in [2.05, 4.69) is 181 Å². The molecule has 2 heteroatoms. The van der Waals surface area contributed by atoms with Crippen molar-refractivity contribution in [3.05, 3.63) is 176 Å². The van der Waals surface area contributed by atoms with Crippen LogP contribution < -0.4 is 4.90 Å². The summed E-state index contributed by atoms with van der Waals surface area (Å²) in [5, 5.41) is 7.62. The fourth-order valence-electron chi connectivity index (χ4n) is 6.73. The topological polar surface area (TPSA) is 3.24 Å². The van der Waals surface area contributed by atoms with Crippen molar-refractivity contribution in [3.63, 3.8) is 0 Å². The van der Waals surface area contributed by atoms with Crippen LogP contribution in [0.5, 0.6) is 0 Å². The van der Waals surface area contributed by atoms with Crippen molar-refractivity contribution in [1.29, 1.82) is 0 Å². The van der Waals surface area contributed by atoms with Gasteiger partial charge < -0.3 is 4.90 Å². The number of hydrogen-bond donors (Lipinski definition) is 0. The maximum Gasteiger partial charge on any atom is 0.0540 e. The molecule has 0 spiro atoms. The molecule has 1 aromatic heterocycles. The summed E-state index contributed by atoms with van der Waals surface area (Å²) in [5.41, 5.74) is 8.27. The van der Waals surface area contributed by atoms with Gasteiger partial charge in [-0.2, -0.15) is 0 Å². The van der Waals surface area contributed by atoms with E-state index in [0.717, 1.165) is 17.1 Å². The predicted molar refractivity (Wildman–Crippen MR) is 200 cm³/mol. The van der Waals surface area contributed by atoms with E-state index in [1.807, 2.05) is 11.3 Å². The van der Waals surface area contributed by atoms with Crippen molar-refractivity contribution in [2.24, 2.45) is 0 Å². The Balaban J connectivity index is 1.17. The van der Waals surface area contributed by atoms with Crippen LogP contribution in [-0.4, -0.2) is 0 Å². The van der Waals surface area contributed by atoms with E-state index in [9.17, 15) is 0 Å². The van der Waals surface area contributed by atoms with Gasteiger partial charge in [0.2, 0.25) is 0 Å². The van der Waals surface area contributed by atoms with Gasteiger partial charge in [-0.05, 0) is 86.9 Å². The molecule has 0 aliphatic carbocycles. The number of thiophene rings is 1. The summed E-state index contributed by atoms with van der Waals surface area (Å²) in [4.78, 5) is 2.40. The third kappa shape index (κ3) is 4.63. The van der Waals surface area contributed by atoms with E-state index in [1.165, 1.54) is 64.0 Å². The zero-order valence-electron chi connectivity index (χ0n) is 25.1. The van der Waals surface area contributed by atoms with Crippen LogP contribution in [0.15, 0.2) is 176 Å². The van der Waals surface area contributed by atoms with Crippen molar-refractivity contribution in [2.75, 3.05) is 4.90 Å². The van der Waals surface area contributed by atoms with Gasteiger partial charge in [-0.3, -0.25) is 0 Å². The quantitative estimate of drug-likeness (QED) is 0.189. The molecule has 8 aromatic carbocycles. The van der Waals surface area contributed by atoms with Crippen molar-refractivity contribution in [2.45, 2.75) is 0 Å². The van der Waals surface area contributed by atoms with Crippen LogP contribution in [0.25, 0.3) is 64.0 Å². The molecular formula is C44H29NS. The van der Waals surface area contributed by atoms with E-state index in [-0.39, 0.29) is 0 Å². The number of hydrogen-bond acceptors (Lipinski definition) is 2. The first kappa shape index (κ1) is 26.7. The Morgan fingerprint density at radius 2 is 0.957 bits per heavy atom. The number of anilines is 3. The predicted octanol–water partition coefficient (Wildman–Crippen LogP) is 13.2. The third-order valence-corrected chi connectivity index (χ3v) is 10.2. The fraction of sp³-hybridized carbons (Fsp3) is 0. The van der Waals surface area contributed by atoms with E-state index < -0.39 is 0 Å². The first-order valence-electron chi connectivity index (χ1n) is 15.7. The molecule has 1 heterocycles. The van der Waals surface area contributed by atoms with E-state index in [1.54, 1.807) is 0 Å². The molecule has 1 nitrogen and oxygen atoms in total. The molecule has 0 aliphatic rings. The Labute approximate surface area is 272 Å². The van der Waals surface area contributed by atoms with Gasteiger partial charge in [0.05, 0.1) is 5.69 Å². The lowest BCUT2D eigenvalue weighted by atomic mass is 10.00. The van der Waals surface area contributed by atoms with Crippen LogP contribution in [0.2, 0.25) is 0 Å². The average molecular weight is 604 g/mol. The van der Waals surface area contributed by atoms with Crippen LogP contribution in [0.1, 0.15) is 0 Å². The second-order valence-electron chi connectivity index (χ2n) is 11.8. The van der Waals surface area contributed by atoms with Crippen LogP contribution in [0.4, 0.5) is 17.1 Å². The highest BCUT2D eigenvalue weighted by Gasteiger charge is 2.17. The van der Waals surface area contributed by atoms with Crippen LogP contribution >= 0.6 is 11.3 Å². The zero-order valence-corrected chi connectivity index (χ0v) is 25.9. The zero-order chi connectivity index (χ0) is 30.5. The lowest BCUT2D eigenvalue weighted by Crippen LogP contribution is -2.10. The molecule has 0 saturated heterocycles. The van der Waals surface area contributed by atoms with Crippen molar-refractivity contribution >= 4 is 70.1 Å². The largest absolute Gasteiger partial charge is 0.310 e. The molecule has 46 heavy (non-hydrogen) atoms. The minimum absolute atomic E-state index is 1.12. The molecule has 0 unspecified atom stereocenters. The molecule has 0 atom stereocenters. The second-order valence-corrected chi connectivity index (χ2v) is 12.9. The smallest absolute Gasteiger partial charge is 0.0540 e. The number of benzene rings is 8. The highest BCUT2D eigenvalue weighted by molar-refractivity contribution is 7.25. The van der Waals surface area contributed by atoms with Crippen LogP contribution in [0.3, 0.4) is 0 Å². The monoisotopic (exact) mass is 603 g/mol. The minimum atomic E-state index is 1.12. The molecule has 9 aromatic rings. The molecule has 0 bridgehead atoms. The molecule has 0 N–H and O–H groups in total. The van der Waals surface area contributed by atoms with Crippen LogP contribution in [-0.2, 0) is 0 Å². The number of fused-ring (bicyclic) bond motifs is 5. The normalized spacial score (nSPS) is 11.5. The lowest BCUT2D eigenvalue weighted by Gasteiger charge is -2.27. The Morgan fingerprint density at radius 1 is 0.326 bits per heavy atom. The maximum absolute atomic E-state index is 2.40. The van der Waals surface area contributed by atoms with Gasteiger partial charge in [0, 0.05) is 36.9 Å². The van der Waals surface area contributed by atoms with E-state index in [0.29, 0.717) is 0 Å². The summed E-state index contributed by atoms with van der Waals surface area (Å²) in [6.45, 7) is 0. The molecule has 0 radical (unpaired) electrons. The molecule has 0 saturated carbocycles. The summed E-state index contributed by atoms with van der Waals surface area (Å²) in [5.74, 6) is 0. The summed E-state index contributed by atoms with van der Waals surface area (Å²) in [6.07, 6.45) is 0. The molecule has 0 aliphatic heterocycles. The first-order chi connectivity index (χ1) is 22.8. The fourth-order valence-corrected chi connectivity index (χ4v) is 7.88. The summed E-state index contributed by atoms with van der Waals surface area (Å²) < 4.78 is 2.65. The number of rotatable bonds is 5. The standard InChI is InChI=1S/C44H29NS/c1-2-11-33-27-35(20-19-30(33)9-1)31-21-24-37(25-22-31)45(42-17-8-12-32-10-3-4-15-39(32)42)38-14-7-13-34(28-38)36-23-26-41-40-16-5-6-18-43(40)46-44(41)29-36/h1-29H. The molecular weight excluding hydrogens is 575 g/mol. The van der Waals surface area contributed by atoms with Gasteiger partial charge in [-0.15, -0.1) is 11.3 Å². The second kappa shape index (κ2) is 11.0. The van der Waals surface area contributed by atoms with Gasteiger partial charge in [0.1, 0.15) is 0 Å². The summed E-state index contributed by atoms with van der Waals surface area (Å²) in [7, 11) is 0. The van der Waals surface area contributed by atoms with Gasteiger partial charge in [-0.1, -0.05) is 127 Å². The first-order valence-corrected chi connectivity index (χ1v) is 16.5. The van der Waals surface area contributed by atoms with Crippen molar-refractivity contribution in [1.82, 2.24) is 0 Å². The lowest BCUT2D eigenvalue weighted by molar-refractivity contribution is 1.30. The van der Waals surface area contributed by atoms with Crippen molar-refractivity contribution < 1.29 is 0 Å². The molecule has 216 valence electrons. The minimum Gasteiger partial charge on any atom is -0.310 e. The van der Waals surface area contributed by atoms with Gasteiger partial charge >= 0.3 is 0 Å². The van der Waals surface area contributed by atoms with E-state index in [4.69, 9.17) is 0 Å². The van der Waals surface area contributed by atoms with Gasteiger partial charge in [-0.25, -0.2) is 0 Å². The Morgan fingerprint density at radius 3 is 1.85 bits per heavy atom. The van der Waals surface area contributed by atoms with Crippen molar-refractivity contribution in [3.8, 4) is 22.3 Å². The Kier molecular flexibility index (Phi) is 6.40. The summed E-state index contributed by atoms with van der Waals surface area (Å²) >= 11 is 1.87. The number of nitrogens with zero attached hydrogens (tertiary/aromatic N) is 1. The SMILES string of the molecule is c1cc(-c2ccc3c(c2)sc2ccccc23)cc(N(c2ccc(-c3ccc4ccccc4c3)cc2)c2cccc3ccccc23)c1. The van der Waals surface area contributed by atoms with E-state index >= 15 is 0 Å². The van der Waals surface area contributed by atoms with Crippen LogP contribution in [0, 0.1) is 0 Å². The highest BCUT2D eigenvalue weighted by atomic mass is 32.1. The molecule has 0 fully saturated rings. The molecule has 9 rings (SSSR count). The third-order valence-electron chi connectivity index (χ3n) is 9.03. The van der Waals surface area contributed by atoms with Gasteiger partial charge in [0.25, 0.3) is 0 Å². The average Bonchev–Trinajstić information content (AvgIpc) is 3.50. The Bertz CT molecular complexity index is 2530. The molecule has 0 amide bonds. The summed E-state index contributed by atoms with van der Waals surface area (Å²) in [6, 6.07) is 64.0. The maximum atomic E-state index is 2.40. The highest BCUT2D eigenvalue weighted by Crippen LogP contribution is 2.42. The van der Waals surface area contributed by atoms with Gasteiger partial charge in [0.15, 0.2) is 0 Å². The Hall–Kier alpha value is -5.70.